The van der Waals surface area contributed by atoms with Crippen molar-refractivity contribution in [2.24, 2.45) is 10.4 Å². The predicted molar refractivity (Wildman–Crippen MR) is 78.3 cm³/mol. The second kappa shape index (κ2) is 5.68. The topological polar surface area (TPSA) is 49.6 Å². The molecule has 19 heavy (non-hydrogen) atoms. The first-order chi connectivity index (χ1) is 9.02. The lowest BCUT2D eigenvalue weighted by Crippen LogP contribution is -2.39. The van der Waals surface area contributed by atoms with Gasteiger partial charge in [0, 0.05) is 13.1 Å². The summed E-state index contributed by atoms with van der Waals surface area (Å²) in [4.78, 5) is 4.67. The summed E-state index contributed by atoms with van der Waals surface area (Å²) in [6.45, 7) is 10.2. The van der Waals surface area contributed by atoms with Crippen molar-refractivity contribution >= 4 is 5.96 Å². The number of guanidine groups is 1. The van der Waals surface area contributed by atoms with Crippen LogP contribution in [-0.2, 0) is 0 Å². The zero-order chi connectivity index (χ0) is 13.9. The number of rotatable bonds is 5. The van der Waals surface area contributed by atoms with E-state index in [-0.39, 0.29) is 6.04 Å². The third-order valence-electron chi connectivity index (χ3n) is 3.61. The molecule has 1 aromatic rings. The van der Waals surface area contributed by atoms with E-state index in [9.17, 15) is 0 Å². The summed E-state index contributed by atoms with van der Waals surface area (Å²) in [5.74, 6) is 2.76. The Bertz CT molecular complexity index is 446. The molecule has 1 heterocycles. The van der Waals surface area contributed by atoms with Gasteiger partial charge in [0.2, 0.25) is 0 Å². The van der Waals surface area contributed by atoms with E-state index in [4.69, 9.17) is 4.42 Å². The average molecular weight is 263 g/mol. The van der Waals surface area contributed by atoms with Gasteiger partial charge in [0.25, 0.3) is 0 Å². The van der Waals surface area contributed by atoms with Crippen LogP contribution >= 0.6 is 0 Å². The monoisotopic (exact) mass is 263 g/mol. The van der Waals surface area contributed by atoms with Crippen LogP contribution in [0.15, 0.2) is 21.5 Å². The van der Waals surface area contributed by atoms with E-state index in [1.54, 1.807) is 0 Å². The highest BCUT2D eigenvalue weighted by atomic mass is 16.3. The first-order valence-corrected chi connectivity index (χ1v) is 7.13. The van der Waals surface area contributed by atoms with Crippen LogP contribution in [0.2, 0.25) is 0 Å². The maximum absolute atomic E-state index is 5.64. The number of aryl methyl sites for hydroxylation is 1. The molecule has 0 saturated heterocycles. The first-order valence-electron chi connectivity index (χ1n) is 7.13. The highest BCUT2D eigenvalue weighted by Gasteiger charge is 2.36. The maximum Gasteiger partial charge on any atom is 0.191 e. The van der Waals surface area contributed by atoms with Crippen molar-refractivity contribution < 1.29 is 4.42 Å². The van der Waals surface area contributed by atoms with Crippen molar-refractivity contribution in [3.05, 3.63) is 23.7 Å². The molecular weight excluding hydrogens is 238 g/mol. The van der Waals surface area contributed by atoms with Crippen molar-refractivity contribution in [3.8, 4) is 0 Å². The van der Waals surface area contributed by atoms with Gasteiger partial charge in [-0.25, -0.2) is 0 Å². The van der Waals surface area contributed by atoms with E-state index in [0.29, 0.717) is 5.41 Å². The Morgan fingerprint density at radius 2 is 2.21 bits per heavy atom. The Balaban J connectivity index is 1.95. The molecule has 106 valence electrons. The van der Waals surface area contributed by atoms with Crippen LogP contribution < -0.4 is 10.6 Å². The van der Waals surface area contributed by atoms with Crippen LogP contribution in [0.1, 0.15) is 51.2 Å². The molecule has 1 atom stereocenters. The van der Waals surface area contributed by atoms with Gasteiger partial charge in [0.15, 0.2) is 5.96 Å². The van der Waals surface area contributed by atoms with E-state index in [0.717, 1.165) is 30.6 Å². The largest absolute Gasteiger partial charge is 0.464 e. The van der Waals surface area contributed by atoms with Gasteiger partial charge in [-0.1, -0.05) is 6.92 Å². The molecule has 0 aliphatic heterocycles. The summed E-state index contributed by atoms with van der Waals surface area (Å²) >= 11 is 0. The summed E-state index contributed by atoms with van der Waals surface area (Å²) in [5, 5.41) is 6.68. The molecule has 0 radical (unpaired) electrons. The molecule has 1 unspecified atom stereocenters. The van der Waals surface area contributed by atoms with Gasteiger partial charge in [-0.3, -0.25) is 4.99 Å². The van der Waals surface area contributed by atoms with Crippen LogP contribution in [0.4, 0.5) is 0 Å². The lowest BCUT2D eigenvalue weighted by atomic mass is 10.1. The number of nitrogens with one attached hydrogen (secondary N) is 2. The fourth-order valence-corrected chi connectivity index (χ4v) is 1.92. The number of hydrogen-bond acceptors (Lipinski definition) is 2. The van der Waals surface area contributed by atoms with Crippen molar-refractivity contribution in [2.45, 2.75) is 46.6 Å². The summed E-state index contributed by atoms with van der Waals surface area (Å²) in [5.41, 5.74) is 0.437. The quantitative estimate of drug-likeness (QED) is 0.634. The normalized spacial score (nSPS) is 19.1. The molecule has 0 amide bonds. The van der Waals surface area contributed by atoms with Crippen LogP contribution in [0.25, 0.3) is 0 Å². The van der Waals surface area contributed by atoms with E-state index in [2.05, 4.69) is 36.4 Å². The summed E-state index contributed by atoms with van der Waals surface area (Å²) in [6.07, 6.45) is 2.59. The summed E-state index contributed by atoms with van der Waals surface area (Å²) in [7, 11) is 0. The van der Waals surface area contributed by atoms with Gasteiger partial charge >= 0.3 is 0 Å². The molecule has 1 aliphatic carbocycles. The van der Waals surface area contributed by atoms with Gasteiger partial charge in [-0.05, 0) is 51.2 Å². The van der Waals surface area contributed by atoms with E-state index in [1.165, 1.54) is 12.8 Å². The molecule has 2 N–H and O–H groups in total. The predicted octanol–water partition coefficient (Wildman–Crippen LogP) is 3.00. The number of aliphatic imine (C=N–C) groups is 1. The van der Waals surface area contributed by atoms with Crippen molar-refractivity contribution in [1.29, 1.82) is 0 Å². The summed E-state index contributed by atoms with van der Waals surface area (Å²) < 4.78 is 5.64. The SMILES string of the molecule is CCNC(=NCC1(C)CC1)NC(C)c1ccc(C)o1. The van der Waals surface area contributed by atoms with Crippen LogP contribution in [-0.4, -0.2) is 19.0 Å². The van der Waals surface area contributed by atoms with Gasteiger partial charge in [0.05, 0.1) is 6.04 Å². The summed E-state index contributed by atoms with van der Waals surface area (Å²) in [6, 6.07) is 4.13. The minimum absolute atomic E-state index is 0.124. The van der Waals surface area contributed by atoms with E-state index < -0.39 is 0 Å². The van der Waals surface area contributed by atoms with Crippen molar-refractivity contribution in [1.82, 2.24) is 10.6 Å². The van der Waals surface area contributed by atoms with Gasteiger partial charge in [0.1, 0.15) is 11.5 Å². The fraction of sp³-hybridized carbons (Fsp3) is 0.667. The highest BCUT2D eigenvalue weighted by molar-refractivity contribution is 5.80. The Morgan fingerprint density at radius 3 is 2.74 bits per heavy atom. The standard InChI is InChI=1S/C15H25N3O/c1-5-16-14(17-10-15(4)8-9-15)18-12(3)13-7-6-11(2)19-13/h6-7,12H,5,8-10H2,1-4H3,(H2,16,17,18). The zero-order valence-electron chi connectivity index (χ0n) is 12.4. The third-order valence-corrected chi connectivity index (χ3v) is 3.61. The highest BCUT2D eigenvalue weighted by Crippen LogP contribution is 2.44. The van der Waals surface area contributed by atoms with Gasteiger partial charge in [-0.15, -0.1) is 0 Å². The Hall–Kier alpha value is -1.45. The molecule has 1 saturated carbocycles. The van der Waals surface area contributed by atoms with Crippen LogP contribution in [0.5, 0.6) is 0 Å². The molecule has 1 fully saturated rings. The minimum atomic E-state index is 0.124. The molecule has 0 aromatic carbocycles. The van der Waals surface area contributed by atoms with E-state index in [1.807, 2.05) is 19.1 Å². The van der Waals surface area contributed by atoms with Crippen LogP contribution in [0, 0.1) is 12.3 Å². The zero-order valence-corrected chi connectivity index (χ0v) is 12.4. The Kier molecular flexibility index (Phi) is 4.17. The third kappa shape index (κ3) is 4.01. The molecule has 1 aromatic heterocycles. The Labute approximate surface area is 115 Å². The fourth-order valence-electron chi connectivity index (χ4n) is 1.92. The second-order valence-electron chi connectivity index (χ2n) is 5.82. The molecule has 2 rings (SSSR count). The smallest absolute Gasteiger partial charge is 0.191 e. The molecular formula is C15H25N3O. The Morgan fingerprint density at radius 1 is 1.47 bits per heavy atom. The van der Waals surface area contributed by atoms with Crippen molar-refractivity contribution in [2.75, 3.05) is 13.1 Å². The lowest BCUT2D eigenvalue weighted by molar-refractivity contribution is 0.441. The second-order valence-corrected chi connectivity index (χ2v) is 5.82. The van der Waals surface area contributed by atoms with Crippen molar-refractivity contribution in [3.63, 3.8) is 0 Å². The average Bonchev–Trinajstić information content (AvgIpc) is 2.94. The number of hydrogen-bond donors (Lipinski definition) is 2. The molecule has 4 heteroatoms. The molecule has 4 nitrogen and oxygen atoms in total. The number of nitrogens with zero attached hydrogens (tertiary/aromatic N) is 1. The molecule has 1 aliphatic rings. The number of furan rings is 1. The maximum atomic E-state index is 5.64. The van der Waals surface area contributed by atoms with E-state index >= 15 is 0 Å². The van der Waals surface area contributed by atoms with Gasteiger partial charge in [-0.2, -0.15) is 0 Å². The minimum Gasteiger partial charge on any atom is -0.464 e. The van der Waals surface area contributed by atoms with Crippen LogP contribution in [0.3, 0.4) is 0 Å². The lowest BCUT2D eigenvalue weighted by Gasteiger charge is -2.17. The molecule has 0 spiro atoms. The van der Waals surface area contributed by atoms with Gasteiger partial charge < -0.3 is 15.1 Å². The molecule has 0 bridgehead atoms. The first kappa shape index (κ1) is 14.0.